The largest absolute Gasteiger partial charge is 0.303 e. The van der Waals surface area contributed by atoms with Gasteiger partial charge in [-0.2, -0.15) is 9.50 Å². The van der Waals surface area contributed by atoms with Gasteiger partial charge in [0.1, 0.15) is 10.3 Å². The maximum atomic E-state index is 13.6. The van der Waals surface area contributed by atoms with Crippen LogP contribution in [0, 0.1) is 5.82 Å². The standard InChI is InChI=1S/C25H14ClFN4O2S/c26-18-7-3-1-5-15(18)13-30-19-8-4-2-6-17(19)20(23(30)32)21-24(33)31-25(34-21)28-22(29-31)14-9-11-16(27)12-10-14/h1-12H,13H2. The molecular formula is C25H14ClFN4O2S. The Bertz CT molecular complexity index is 1710. The molecule has 2 aromatic heterocycles. The number of carbonyl (C=O) groups is 1. The van der Waals surface area contributed by atoms with Crippen molar-refractivity contribution in [2.75, 3.05) is 4.90 Å². The number of amides is 1. The minimum atomic E-state index is -0.418. The van der Waals surface area contributed by atoms with Crippen LogP contribution in [0.25, 0.3) is 21.9 Å². The smallest absolute Gasteiger partial charge is 0.291 e. The molecule has 0 atom stereocenters. The van der Waals surface area contributed by atoms with Crippen LogP contribution in [0.15, 0.2) is 77.6 Å². The Morgan fingerprint density at radius 1 is 0.941 bits per heavy atom. The van der Waals surface area contributed by atoms with E-state index in [0.29, 0.717) is 38.2 Å². The Hall–Kier alpha value is -3.88. The van der Waals surface area contributed by atoms with Crippen LogP contribution >= 0.6 is 22.9 Å². The molecule has 3 aromatic carbocycles. The van der Waals surface area contributed by atoms with E-state index in [2.05, 4.69) is 10.1 Å². The molecule has 1 aliphatic heterocycles. The fourth-order valence-electron chi connectivity index (χ4n) is 4.06. The van der Waals surface area contributed by atoms with Crippen molar-refractivity contribution in [3.63, 3.8) is 0 Å². The molecule has 5 aromatic rings. The predicted molar refractivity (Wildman–Crippen MR) is 129 cm³/mol. The number of halogens is 2. The van der Waals surface area contributed by atoms with E-state index in [0.717, 1.165) is 16.9 Å². The molecule has 0 spiro atoms. The third-order valence-corrected chi connectivity index (χ3v) is 7.09. The lowest BCUT2D eigenvalue weighted by atomic mass is 10.1. The number of hydrogen-bond donors (Lipinski definition) is 0. The Morgan fingerprint density at radius 2 is 1.68 bits per heavy atom. The molecule has 3 heterocycles. The van der Waals surface area contributed by atoms with Gasteiger partial charge in [0.2, 0.25) is 4.96 Å². The summed E-state index contributed by atoms with van der Waals surface area (Å²) < 4.78 is 14.7. The van der Waals surface area contributed by atoms with Crippen LogP contribution in [0.4, 0.5) is 10.1 Å². The van der Waals surface area contributed by atoms with E-state index in [-0.39, 0.29) is 22.8 Å². The van der Waals surface area contributed by atoms with Gasteiger partial charge in [-0.15, -0.1) is 5.10 Å². The van der Waals surface area contributed by atoms with Crippen LogP contribution in [0.5, 0.6) is 0 Å². The van der Waals surface area contributed by atoms with Crippen LogP contribution in [0.2, 0.25) is 5.02 Å². The summed E-state index contributed by atoms with van der Waals surface area (Å²) >= 11 is 7.45. The second-order valence-corrected chi connectivity index (χ2v) is 9.13. The maximum Gasteiger partial charge on any atom is 0.291 e. The zero-order valence-corrected chi connectivity index (χ0v) is 19.0. The predicted octanol–water partition coefficient (Wildman–Crippen LogP) is 4.08. The Kier molecular flexibility index (Phi) is 4.79. The van der Waals surface area contributed by atoms with E-state index >= 15 is 0 Å². The van der Waals surface area contributed by atoms with E-state index in [1.54, 1.807) is 23.1 Å². The lowest BCUT2D eigenvalue weighted by Gasteiger charge is -2.17. The van der Waals surface area contributed by atoms with Gasteiger partial charge >= 0.3 is 0 Å². The Balaban J connectivity index is 1.50. The van der Waals surface area contributed by atoms with Gasteiger partial charge in [0, 0.05) is 16.1 Å². The minimum absolute atomic E-state index is 0.276. The topological polar surface area (TPSA) is 67.6 Å². The second-order valence-electron chi connectivity index (χ2n) is 7.75. The summed E-state index contributed by atoms with van der Waals surface area (Å²) in [5.41, 5.74) is 2.71. The van der Waals surface area contributed by atoms with Gasteiger partial charge in [-0.1, -0.05) is 59.3 Å². The molecule has 34 heavy (non-hydrogen) atoms. The molecule has 6 rings (SSSR count). The number of nitrogens with zero attached hydrogens (tertiary/aromatic N) is 4. The third kappa shape index (κ3) is 3.22. The number of rotatable bonds is 3. The number of hydrogen-bond acceptors (Lipinski definition) is 5. The van der Waals surface area contributed by atoms with Crippen molar-refractivity contribution in [1.29, 1.82) is 0 Å². The Morgan fingerprint density at radius 3 is 2.44 bits per heavy atom. The van der Waals surface area contributed by atoms with Crippen molar-refractivity contribution in [2.24, 2.45) is 0 Å². The monoisotopic (exact) mass is 488 g/mol. The molecule has 6 nitrogen and oxygen atoms in total. The highest BCUT2D eigenvalue weighted by Crippen LogP contribution is 2.37. The van der Waals surface area contributed by atoms with Crippen molar-refractivity contribution in [3.05, 3.63) is 110 Å². The van der Waals surface area contributed by atoms with Gasteiger partial charge in [-0.25, -0.2) is 4.39 Å². The summed E-state index contributed by atoms with van der Waals surface area (Å²) in [6.45, 7) is 0.280. The summed E-state index contributed by atoms with van der Waals surface area (Å²) in [6.07, 6.45) is 0. The van der Waals surface area contributed by atoms with E-state index in [4.69, 9.17) is 11.6 Å². The third-order valence-electron chi connectivity index (χ3n) is 5.70. The summed E-state index contributed by atoms with van der Waals surface area (Å²) in [5, 5.41) is 4.88. The van der Waals surface area contributed by atoms with Crippen molar-refractivity contribution >= 4 is 45.1 Å². The average Bonchev–Trinajstić information content (AvgIpc) is 3.47. The molecule has 0 fully saturated rings. The molecule has 0 bridgehead atoms. The molecule has 0 unspecified atom stereocenters. The van der Waals surface area contributed by atoms with Gasteiger partial charge in [-0.3, -0.25) is 9.59 Å². The first-order valence-corrected chi connectivity index (χ1v) is 11.6. The van der Waals surface area contributed by atoms with Crippen molar-refractivity contribution < 1.29 is 9.18 Å². The van der Waals surface area contributed by atoms with E-state index in [1.807, 2.05) is 42.5 Å². The molecule has 0 radical (unpaired) electrons. The molecule has 1 amide bonds. The average molecular weight is 489 g/mol. The van der Waals surface area contributed by atoms with Crippen LogP contribution in [-0.4, -0.2) is 20.5 Å². The molecule has 1 aliphatic rings. The number of fused-ring (bicyclic) bond motifs is 2. The summed E-state index contributed by atoms with van der Waals surface area (Å²) in [6, 6.07) is 20.4. The van der Waals surface area contributed by atoms with Gasteiger partial charge < -0.3 is 4.90 Å². The minimum Gasteiger partial charge on any atom is -0.303 e. The highest BCUT2D eigenvalue weighted by atomic mass is 35.5. The number of benzene rings is 3. The van der Waals surface area contributed by atoms with Crippen molar-refractivity contribution in [2.45, 2.75) is 6.54 Å². The highest BCUT2D eigenvalue weighted by Gasteiger charge is 2.34. The highest BCUT2D eigenvalue weighted by molar-refractivity contribution is 7.15. The van der Waals surface area contributed by atoms with Gasteiger partial charge in [0.25, 0.3) is 11.5 Å². The van der Waals surface area contributed by atoms with E-state index in [9.17, 15) is 14.0 Å². The summed E-state index contributed by atoms with van der Waals surface area (Å²) in [5.74, 6) is -0.326. The van der Waals surface area contributed by atoms with E-state index < -0.39 is 5.56 Å². The fraction of sp³-hybridized carbons (Fsp3) is 0.0400. The van der Waals surface area contributed by atoms with Crippen LogP contribution in [0.1, 0.15) is 11.1 Å². The molecule has 0 aliphatic carbocycles. The maximum absolute atomic E-state index is 13.6. The SMILES string of the molecule is O=C1C(=c2sc3nc(-c4ccc(F)cc4)nn3c2=O)c2ccccc2N1Cc1ccccc1Cl. The molecular weight excluding hydrogens is 475 g/mol. The van der Waals surface area contributed by atoms with Crippen molar-refractivity contribution in [3.8, 4) is 11.4 Å². The second kappa shape index (κ2) is 7.86. The first-order chi connectivity index (χ1) is 16.5. The lowest BCUT2D eigenvalue weighted by Crippen LogP contribution is -2.32. The summed E-state index contributed by atoms with van der Waals surface area (Å²) in [4.78, 5) is 33.3. The first kappa shape index (κ1) is 20.7. The normalized spacial score (nSPS) is 14.8. The molecule has 0 saturated heterocycles. The first-order valence-electron chi connectivity index (χ1n) is 10.4. The fourth-order valence-corrected chi connectivity index (χ4v) is 5.25. The molecule has 166 valence electrons. The number of carbonyl (C=O) groups excluding carboxylic acids is 1. The van der Waals surface area contributed by atoms with Crippen LogP contribution < -0.4 is 15.0 Å². The molecule has 0 saturated carbocycles. The number of aromatic nitrogens is 3. The number of para-hydroxylation sites is 1. The lowest BCUT2D eigenvalue weighted by molar-refractivity contribution is -0.113. The van der Waals surface area contributed by atoms with E-state index in [1.165, 1.54) is 16.6 Å². The van der Waals surface area contributed by atoms with Gasteiger partial charge in [-0.05, 0) is 42.0 Å². The Labute approximate surface area is 201 Å². The number of anilines is 1. The zero-order valence-electron chi connectivity index (χ0n) is 17.4. The van der Waals surface area contributed by atoms with Crippen molar-refractivity contribution in [1.82, 2.24) is 14.6 Å². The summed E-state index contributed by atoms with van der Waals surface area (Å²) in [7, 11) is 0. The molecule has 9 heteroatoms. The zero-order chi connectivity index (χ0) is 23.4. The quantitative estimate of drug-likeness (QED) is 0.384. The van der Waals surface area contributed by atoms with Gasteiger partial charge in [0.15, 0.2) is 5.82 Å². The number of thiazole rings is 1. The van der Waals surface area contributed by atoms with Gasteiger partial charge in [0.05, 0.1) is 17.8 Å². The molecule has 0 N–H and O–H groups in total. The van der Waals surface area contributed by atoms with Crippen LogP contribution in [-0.2, 0) is 11.3 Å². The van der Waals surface area contributed by atoms with Crippen LogP contribution in [0.3, 0.4) is 0 Å².